The second-order valence-corrected chi connectivity index (χ2v) is 9.68. The smallest absolute Gasteiger partial charge is 0.408 e. The van der Waals surface area contributed by atoms with Gasteiger partial charge < -0.3 is 25.0 Å². The van der Waals surface area contributed by atoms with Gasteiger partial charge in [0.1, 0.15) is 23.4 Å². The number of methoxy groups -OCH3 is 1. The third-order valence-corrected chi connectivity index (χ3v) is 5.28. The second-order valence-electron chi connectivity index (χ2n) is 9.68. The van der Waals surface area contributed by atoms with Gasteiger partial charge in [-0.05, 0) is 83.9 Å². The van der Waals surface area contributed by atoms with E-state index >= 15 is 0 Å². The Bertz CT molecular complexity index is 1030. The van der Waals surface area contributed by atoms with E-state index < -0.39 is 29.7 Å². The maximum atomic E-state index is 13.7. The Morgan fingerprint density at radius 3 is 2.06 bits per heavy atom. The quantitative estimate of drug-likeness (QED) is 0.560. The molecule has 0 spiro atoms. The number of ether oxygens (including phenoxy) is 2. The molecule has 0 aromatic heterocycles. The van der Waals surface area contributed by atoms with Crippen molar-refractivity contribution >= 4 is 23.6 Å². The first-order chi connectivity index (χ1) is 16.3. The van der Waals surface area contributed by atoms with Gasteiger partial charge >= 0.3 is 6.09 Å². The van der Waals surface area contributed by atoms with E-state index in [-0.39, 0.29) is 11.9 Å². The van der Waals surface area contributed by atoms with Gasteiger partial charge in [0.15, 0.2) is 0 Å². The van der Waals surface area contributed by atoms with Crippen LogP contribution in [-0.4, -0.2) is 47.6 Å². The number of carbonyl (C=O) groups is 3. The summed E-state index contributed by atoms with van der Waals surface area (Å²) in [6.07, 6.45) is -0.697. The Kier molecular flexibility index (Phi) is 9.28. The predicted octanol–water partition coefficient (Wildman–Crippen LogP) is 4.83. The van der Waals surface area contributed by atoms with Gasteiger partial charge in [-0.3, -0.25) is 9.59 Å². The Morgan fingerprint density at radius 1 is 0.943 bits per heavy atom. The minimum absolute atomic E-state index is 0.336. The number of benzene rings is 2. The second kappa shape index (κ2) is 11.7. The zero-order valence-corrected chi connectivity index (χ0v) is 21.8. The summed E-state index contributed by atoms with van der Waals surface area (Å²) in [7, 11) is 1.57. The van der Waals surface area contributed by atoms with Crippen LogP contribution in [0, 0.1) is 6.92 Å². The molecule has 0 aliphatic carbocycles. The topological polar surface area (TPSA) is 97.0 Å². The van der Waals surface area contributed by atoms with Crippen molar-refractivity contribution in [3.8, 4) is 5.75 Å². The van der Waals surface area contributed by atoms with Crippen molar-refractivity contribution in [2.45, 2.75) is 72.2 Å². The number of anilines is 1. The molecule has 8 nitrogen and oxygen atoms in total. The minimum atomic E-state index is -0.923. The van der Waals surface area contributed by atoms with Crippen molar-refractivity contribution in [3.05, 3.63) is 59.7 Å². The lowest BCUT2D eigenvalue weighted by Gasteiger charge is -2.37. The summed E-state index contributed by atoms with van der Waals surface area (Å²) in [4.78, 5) is 41.1. The molecular weight excluding hydrogens is 446 g/mol. The average molecular weight is 484 g/mol. The molecule has 0 saturated carbocycles. The van der Waals surface area contributed by atoms with Crippen molar-refractivity contribution in [1.29, 1.82) is 0 Å². The summed E-state index contributed by atoms with van der Waals surface area (Å²) in [6.45, 7) is 12.4. The van der Waals surface area contributed by atoms with E-state index in [1.807, 2.05) is 45.0 Å². The van der Waals surface area contributed by atoms with Crippen molar-refractivity contribution in [1.82, 2.24) is 10.2 Å². The van der Waals surface area contributed by atoms with Crippen LogP contribution in [0.2, 0.25) is 0 Å². The molecule has 0 bridgehead atoms. The first-order valence-electron chi connectivity index (χ1n) is 11.7. The van der Waals surface area contributed by atoms with Crippen molar-refractivity contribution < 1.29 is 23.9 Å². The van der Waals surface area contributed by atoms with Gasteiger partial charge in [-0.2, -0.15) is 0 Å². The third kappa shape index (κ3) is 7.73. The zero-order chi connectivity index (χ0) is 26.3. The molecule has 8 heteroatoms. The Hall–Kier alpha value is -3.55. The maximum absolute atomic E-state index is 13.7. The van der Waals surface area contributed by atoms with Gasteiger partial charge in [0.2, 0.25) is 5.91 Å². The van der Waals surface area contributed by atoms with Gasteiger partial charge in [0, 0.05) is 11.7 Å². The van der Waals surface area contributed by atoms with Crippen molar-refractivity contribution in [2.24, 2.45) is 0 Å². The number of hydrogen-bond acceptors (Lipinski definition) is 5. The third-order valence-electron chi connectivity index (χ3n) is 5.28. The molecule has 2 atom stereocenters. The van der Waals surface area contributed by atoms with E-state index in [1.54, 1.807) is 59.1 Å². The lowest BCUT2D eigenvalue weighted by atomic mass is 9.97. The standard InChI is InChI=1S/C27H37N3O5/c1-17(2)30(25(32)19(4)28-26(33)35-27(5,6)7)23(22-12-10-9-11-18(22)3)24(31)29-20-13-15-21(34-8)16-14-20/h9-17,19,23H,1-8H3,(H,28,33)(H,29,31). The van der Waals surface area contributed by atoms with Crippen LogP contribution < -0.4 is 15.4 Å². The number of carbonyl (C=O) groups excluding carboxylic acids is 3. The first-order valence-corrected chi connectivity index (χ1v) is 11.7. The molecule has 0 aliphatic heterocycles. The van der Waals surface area contributed by atoms with Crippen LogP contribution in [-0.2, 0) is 14.3 Å². The number of hydrogen-bond donors (Lipinski definition) is 2. The number of nitrogens with zero attached hydrogens (tertiary/aromatic N) is 1. The van der Waals surface area contributed by atoms with E-state index in [4.69, 9.17) is 9.47 Å². The molecule has 2 N–H and O–H groups in total. The van der Waals surface area contributed by atoms with Gasteiger partial charge in [-0.15, -0.1) is 0 Å². The van der Waals surface area contributed by atoms with Gasteiger partial charge in [-0.1, -0.05) is 24.3 Å². The molecule has 190 valence electrons. The van der Waals surface area contributed by atoms with Gasteiger partial charge in [-0.25, -0.2) is 4.79 Å². The minimum Gasteiger partial charge on any atom is -0.497 e. The van der Waals surface area contributed by atoms with Gasteiger partial charge in [0.05, 0.1) is 7.11 Å². The summed E-state index contributed by atoms with van der Waals surface area (Å²) in [5, 5.41) is 5.52. The maximum Gasteiger partial charge on any atom is 0.408 e. The Balaban J connectivity index is 2.40. The molecule has 2 unspecified atom stereocenters. The average Bonchev–Trinajstić information content (AvgIpc) is 2.76. The molecule has 0 fully saturated rings. The normalized spacial score (nSPS) is 12.9. The lowest BCUT2D eigenvalue weighted by molar-refractivity contribution is -0.142. The molecule has 0 heterocycles. The summed E-state index contributed by atoms with van der Waals surface area (Å²) < 4.78 is 10.5. The van der Waals surface area contributed by atoms with Crippen LogP contribution in [0.25, 0.3) is 0 Å². The predicted molar refractivity (Wildman–Crippen MR) is 136 cm³/mol. The lowest BCUT2D eigenvalue weighted by Crippen LogP contribution is -2.53. The molecule has 2 rings (SSSR count). The molecule has 0 radical (unpaired) electrons. The molecule has 35 heavy (non-hydrogen) atoms. The fourth-order valence-electron chi connectivity index (χ4n) is 3.65. The highest BCUT2D eigenvalue weighted by atomic mass is 16.6. The number of nitrogens with one attached hydrogen (secondary N) is 2. The highest BCUT2D eigenvalue weighted by molar-refractivity contribution is 5.99. The number of rotatable bonds is 8. The molecule has 0 aliphatic rings. The van der Waals surface area contributed by atoms with E-state index in [0.717, 1.165) is 5.56 Å². The number of amides is 3. The fourth-order valence-corrected chi connectivity index (χ4v) is 3.65. The summed E-state index contributed by atoms with van der Waals surface area (Å²) in [6, 6.07) is 12.2. The molecule has 0 saturated heterocycles. The molecule has 3 amide bonds. The SMILES string of the molecule is COc1ccc(NC(=O)C(c2ccccc2C)N(C(=O)C(C)NC(=O)OC(C)(C)C)C(C)C)cc1. The summed E-state index contributed by atoms with van der Waals surface area (Å²) in [5.74, 6) is -0.0977. The number of alkyl carbamates (subject to hydrolysis) is 1. The van der Waals surface area contributed by atoms with Crippen LogP contribution >= 0.6 is 0 Å². The summed E-state index contributed by atoms with van der Waals surface area (Å²) in [5.41, 5.74) is 1.44. The monoisotopic (exact) mass is 483 g/mol. The van der Waals surface area contributed by atoms with E-state index in [0.29, 0.717) is 17.0 Å². The van der Waals surface area contributed by atoms with E-state index in [1.165, 1.54) is 4.90 Å². The summed E-state index contributed by atoms with van der Waals surface area (Å²) >= 11 is 0. The highest BCUT2D eigenvalue weighted by Crippen LogP contribution is 2.29. The van der Waals surface area contributed by atoms with Crippen molar-refractivity contribution in [2.75, 3.05) is 12.4 Å². The van der Waals surface area contributed by atoms with Crippen LogP contribution in [0.1, 0.15) is 58.7 Å². The Morgan fingerprint density at radius 2 is 1.54 bits per heavy atom. The van der Waals surface area contributed by atoms with Crippen LogP contribution in [0.5, 0.6) is 5.75 Å². The van der Waals surface area contributed by atoms with Crippen molar-refractivity contribution in [3.63, 3.8) is 0 Å². The first kappa shape index (κ1) is 27.7. The fraction of sp³-hybridized carbons (Fsp3) is 0.444. The molecular formula is C27H37N3O5. The van der Waals surface area contributed by atoms with Crippen LogP contribution in [0.4, 0.5) is 10.5 Å². The number of aryl methyl sites for hydroxylation is 1. The highest BCUT2D eigenvalue weighted by Gasteiger charge is 2.37. The zero-order valence-electron chi connectivity index (χ0n) is 21.8. The molecule has 2 aromatic carbocycles. The Labute approximate surface area is 208 Å². The van der Waals surface area contributed by atoms with Crippen LogP contribution in [0.15, 0.2) is 48.5 Å². The molecule has 2 aromatic rings. The van der Waals surface area contributed by atoms with Crippen LogP contribution in [0.3, 0.4) is 0 Å². The van der Waals surface area contributed by atoms with Gasteiger partial charge in [0.25, 0.3) is 5.91 Å². The van der Waals surface area contributed by atoms with E-state index in [9.17, 15) is 14.4 Å². The van der Waals surface area contributed by atoms with E-state index in [2.05, 4.69) is 10.6 Å². The largest absolute Gasteiger partial charge is 0.497 e.